The summed E-state index contributed by atoms with van der Waals surface area (Å²) < 4.78 is 27.7. The first kappa shape index (κ1) is 15.4. The van der Waals surface area contributed by atoms with E-state index in [1.54, 1.807) is 34.9 Å². The first-order valence-electron chi connectivity index (χ1n) is 7.60. The lowest BCUT2D eigenvalue weighted by molar-refractivity contribution is 0.263. The van der Waals surface area contributed by atoms with Gasteiger partial charge in [-0.15, -0.1) is 0 Å². The Balaban J connectivity index is 1.98. The quantitative estimate of drug-likeness (QED) is 0.934. The van der Waals surface area contributed by atoms with Crippen molar-refractivity contribution in [3.8, 4) is 0 Å². The molecule has 3 rings (SSSR count). The molecule has 0 spiro atoms. The second kappa shape index (κ2) is 6.32. The molecule has 0 bridgehead atoms. The molecule has 1 unspecified atom stereocenters. The van der Waals surface area contributed by atoms with Crippen LogP contribution in [0.2, 0.25) is 0 Å². The summed E-state index contributed by atoms with van der Waals surface area (Å²) in [6.07, 6.45) is 5.33. The molecule has 1 aliphatic rings. The minimum atomic E-state index is -3.46. The number of piperidine rings is 1. The number of aromatic nitrogens is 1. The van der Waals surface area contributed by atoms with E-state index in [0.717, 1.165) is 30.2 Å². The largest absolute Gasteiger partial charge is 0.319 e. The minimum Gasteiger partial charge on any atom is -0.319 e. The molecule has 1 N–H and O–H groups in total. The highest BCUT2D eigenvalue weighted by molar-refractivity contribution is 7.89. The number of sulfonamides is 1. The van der Waals surface area contributed by atoms with Gasteiger partial charge in [-0.05, 0) is 44.5 Å². The van der Waals surface area contributed by atoms with Crippen molar-refractivity contribution in [2.45, 2.75) is 17.7 Å². The predicted octanol–water partition coefficient (Wildman–Crippen LogP) is 1.85. The molecule has 0 amide bonds. The van der Waals surface area contributed by atoms with Gasteiger partial charge >= 0.3 is 0 Å². The minimum absolute atomic E-state index is 0.380. The van der Waals surface area contributed by atoms with Gasteiger partial charge in [0.2, 0.25) is 10.0 Å². The molecule has 1 saturated heterocycles. The highest BCUT2D eigenvalue weighted by Gasteiger charge is 2.30. The van der Waals surface area contributed by atoms with Gasteiger partial charge in [0.05, 0.1) is 4.90 Å². The average molecular weight is 319 g/mol. The number of nitrogens with zero attached hydrogens (tertiary/aromatic N) is 2. The second-order valence-corrected chi connectivity index (χ2v) is 7.69. The highest BCUT2D eigenvalue weighted by Crippen LogP contribution is 2.28. The van der Waals surface area contributed by atoms with Gasteiger partial charge in [-0.2, -0.15) is 4.31 Å². The summed E-state index contributed by atoms with van der Waals surface area (Å²) in [5.41, 5.74) is 0. The number of nitrogens with one attached hydrogen (secondary N) is 1. The molecule has 1 aliphatic heterocycles. The Morgan fingerprint density at radius 1 is 1.36 bits per heavy atom. The maximum atomic E-state index is 13.0. The molecule has 0 aliphatic carbocycles. The van der Waals surface area contributed by atoms with E-state index in [1.807, 2.05) is 13.1 Å². The summed E-state index contributed by atoms with van der Waals surface area (Å²) in [4.78, 5) is 4.45. The Morgan fingerprint density at radius 2 is 2.23 bits per heavy atom. The van der Waals surface area contributed by atoms with E-state index in [9.17, 15) is 8.42 Å². The monoisotopic (exact) mass is 319 g/mol. The van der Waals surface area contributed by atoms with Gasteiger partial charge in [-0.25, -0.2) is 8.42 Å². The summed E-state index contributed by atoms with van der Waals surface area (Å²) in [7, 11) is -1.55. The third-order valence-electron chi connectivity index (χ3n) is 4.23. The van der Waals surface area contributed by atoms with Crippen LogP contribution in [0.3, 0.4) is 0 Å². The average Bonchev–Trinajstić information content (AvgIpc) is 2.55. The summed E-state index contributed by atoms with van der Waals surface area (Å²) in [5, 5.41) is 4.75. The first-order valence-corrected chi connectivity index (χ1v) is 9.04. The maximum absolute atomic E-state index is 13.0. The summed E-state index contributed by atoms with van der Waals surface area (Å²) in [6.45, 7) is 2.04. The number of hydrogen-bond donors (Lipinski definition) is 1. The van der Waals surface area contributed by atoms with E-state index in [-0.39, 0.29) is 0 Å². The number of benzene rings is 1. The van der Waals surface area contributed by atoms with Crippen LogP contribution in [-0.2, 0) is 10.0 Å². The van der Waals surface area contributed by atoms with Crippen LogP contribution in [0, 0.1) is 5.92 Å². The molecule has 1 aromatic carbocycles. The van der Waals surface area contributed by atoms with E-state index >= 15 is 0 Å². The molecule has 22 heavy (non-hydrogen) atoms. The zero-order valence-corrected chi connectivity index (χ0v) is 13.5. The molecular formula is C16H21N3O2S. The van der Waals surface area contributed by atoms with Crippen molar-refractivity contribution < 1.29 is 8.42 Å². The van der Waals surface area contributed by atoms with Crippen molar-refractivity contribution in [2.24, 2.45) is 5.92 Å². The molecule has 1 atom stereocenters. The fourth-order valence-corrected chi connectivity index (χ4v) is 4.93. The second-order valence-electron chi connectivity index (χ2n) is 5.78. The zero-order chi connectivity index (χ0) is 15.6. The van der Waals surface area contributed by atoms with E-state index in [1.165, 1.54) is 0 Å². The summed E-state index contributed by atoms with van der Waals surface area (Å²) in [6, 6.07) is 7.14. The van der Waals surface area contributed by atoms with Gasteiger partial charge in [0, 0.05) is 36.3 Å². The SMILES string of the molecule is CNCC1CCCN(S(=O)(=O)c2cccc3cnccc23)C1. The first-order chi connectivity index (χ1) is 10.6. The Morgan fingerprint density at radius 3 is 3.05 bits per heavy atom. The molecular weight excluding hydrogens is 298 g/mol. The molecule has 0 radical (unpaired) electrons. The Bertz CT molecular complexity index is 754. The van der Waals surface area contributed by atoms with Crippen molar-refractivity contribution in [3.63, 3.8) is 0 Å². The lowest BCUT2D eigenvalue weighted by atomic mass is 10.00. The van der Waals surface area contributed by atoms with Crippen molar-refractivity contribution in [2.75, 3.05) is 26.7 Å². The van der Waals surface area contributed by atoms with Crippen LogP contribution in [0.15, 0.2) is 41.6 Å². The molecule has 0 saturated carbocycles. The molecule has 118 valence electrons. The van der Waals surface area contributed by atoms with Crippen LogP contribution in [0.25, 0.3) is 10.8 Å². The fraction of sp³-hybridized carbons (Fsp3) is 0.438. The summed E-state index contributed by atoms with van der Waals surface area (Å²) >= 11 is 0. The zero-order valence-electron chi connectivity index (χ0n) is 12.7. The summed E-state index contributed by atoms with van der Waals surface area (Å²) in [5.74, 6) is 0.380. The van der Waals surface area contributed by atoms with Crippen molar-refractivity contribution in [1.82, 2.24) is 14.6 Å². The molecule has 1 fully saturated rings. The Kier molecular flexibility index (Phi) is 4.42. The number of hydrogen-bond acceptors (Lipinski definition) is 4. The Hall–Kier alpha value is -1.50. The van der Waals surface area contributed by atoms with E-state index in [2.05, 4.69) is 10.3 Å². The fourth-order valence-electron chi connectivity index (χ4n) is 3.16. The topological polar surface area (TPSA) is 62.3 Å². The maximum Gasteiger partial charge on any atom is 0.243 e. The molecule has 2 heterocycles. The highest BCUT2D eigenvalue weighted by atomic mass is 32.2. The van der Waals surface area contributed by atoms with Crippen LogP contribution in [0.4, 0.5) is 0 Å². The predicted molar refractivity (Wildman–Crippen MR) is 87.2 cm³/mol. The third kappa shape index (κ3) is 2.86. The van der Waals surface area contributed by atoms with E-state index in [0.29, 0.717) is 23.9 Å². The van der Waals surface area contributed by atoms with Gasteiger partial charge < -0.3 is 5.32 Å². The van der Waals surface area contributed by atoms with Gasteiger partial charge in [-0.1, -0.05) is 12.1 Å². The van der Waals surface area contributed by atoms with Crippen molar-refractivity contribution in [1.29, 1.82) is 0 Å². The van der Waals surface area contributed by atoms with Gasteiger partial charge in [0.1, 0.15) is 0 Å². The molecule has 5 nitrogen and oxygen atoms in total. The lowest BCUT2D eigenvalue weighted by Gasteiger charge is -2.32. The number of pyridine rings is 1. The normalized spacial score (nSPS) is 20.3. The van der Waals surface area contributed by atoms with Crippen LogP contribution in [-0.4, -0.2) is 44.4 Å². The van der Waals surface area contributed by atoms with Crippen LogP contribution in [0.5, 0.6) is 0 Å². The smallest absolute Gasteiger partial charge is 0.243 e. The van der Waals surface area contributed by atoms with Crippen LogP contribution in [0.1, 0.15) is 12.8 Å². The van der Waals surface area contributed by atoms with Gasteiger partial charge in [-0.3, -0.25) is 4.98 Å². The van der Waals surface area contributed by atoms with Crippen molar-refractivity contribution >= 4 is 20.8 Å². The Labute approximate surface area is 131 Å². The van der Waals surface area contributed by atoms with Crippen molar-refractivity contribution in [3.05, 3.63) is 36.7 Å². The molecule has 6 heteroatoms. The van der Waals surface area contributed by atoms with Gasteiger partial charge in [0.25, 0.3) is 0 Å². The molecule has 2 aromatic rings. The molecule has 1 aromatic heterocycles. The van der Waals surface area contributed by atoms with Gasteiger partial charge in [0.15, 0.2) is 0 Å². The number of rotatable bonds is 4. The van der Waals surface area contributed by atoms with Crippen LogP contribution >= 0.6 is 0 Å². The third-order valence-corrected chi connectivity index (χ3v) is 6.16. The lowest BCUT2D eigenvalue weighted by Crippen LogP contribution is -2.42. The van der Waals surface area contributed by atoms with Crippen LogP contribution < -0.4 is 5.32 Å². The van der Waals surface area contributed by atoms with E-state index < -0.39 is 10.0 Å². The standard InChI is InChI=1S/C16H21N3O2S/c1-17-10-13-4-3-9-19(12-13)22(20,21)16-6-2-5-14-11-18-8-7-15(14)16/h2,5-8,11,13,17H,3-4,9-10,12H2,1H3. The number of fused-ring (bicyclic) bond motifs is 1. The van der Waals surface area contributed by atoms with E-state index in [4.69, 9.17) is 0 Å².